The van der Waals surface area contributed by atoms with Gasteiger partial charge < -0.3 is 10.6 Å². The van der Waals surface area contributed by atoms with E-state index in [0.717, 1.165) is 5.56 Å². The summed E-state index contributed by atoms with van der Waals surface area (Å²) in [7, 11) is 0. The van der Waals surface area contributed by atoms with E-state index in [1.165, 1.54) is 0 Å². The number of anilines is 2. The van der Waals surface area contributed by atoms with Crippen LogP contribution >= 0.6 is 0 Å². The Morgan fingerprint density at radius 2 is 2.05 bits per heavy atom. The van der Waals surface area contributed by atoms with Crippen molar-refractivity contribution in [2.75, 3.05) is 10.7 Å². The lowest BCUT2D eigenvalue weighted by molar-refractivity contribution is 0.239. The van der Waals surface area contributed by atoms with Gasteiger partial charge in [-0.25, -0.2) is 4.79 Å². The first-order valence-corrected chi connectivity index (χ1v) is 5.84. The van der Waals surface area contributed by atoms with Gasteiger partial charge in [-0.3, -0.25) is 5.43 Å². The number of carbonyl (C=O) groups excluding carboxylic acids is 1. The number of carbonyl (C=O) groups is 1. The SMILES string of the molecule is CC1(C)NC(=O)Nc2ccc(NN=C(C#N)C#N)cc21. The van der Waals surface area contributed by atoms with Crippen LogP contribution in [0.25, 0.3) is 0 Å². The lowest BCUT2D eigenvalue weighted by Gasteiger charge is -2.34. The number of benzene rings is 1. The zero-order valence-corrected chi connectivity index (χ0v) is 11.0. The number of nitriles is 2. The van der Waals surface area contributed by atoms with Crippen molar-refractivity contribution in [3.63, 3.8) is 0 Å². The maximum absolute atomic E-state index is 11.5. The quantitative estimate of drug-likeness (QED) is 0.561. The van der Waals surface area contributed by atoms with Crippen molar-refractivity contribution in [1.82, 2.24) is 5.32 Å². The van der Waals surface area contributed by atoms with Crippen LogP contribution in [0, 0.1) is 22.7 Å². The van der Waals surface area contributed by atoms with Gasteiger partial charge in [0, 0.05) is 11.3 Å². The van der Waals surface area contributed by atoms with Crippen LogP contribution in [0.5, 0.6) is 0 Å². The second-order valence-corrected chi connectivity index (χ2v) is 4.76. The van der Waals surface area contributed by atoms with E-state index in [-0.39, 0.29) is 11.7 Å². The predicted molar refractivity (Wildman–Crippen MR) is 73.9 cm³/mol. The Hall–Kier alpha value is -3.06. The van der Waals surface area contributed by atoms with Crippen molar-refractivity contribution < 1.29 is 4.79 Å². The van der Waals surface area contributed by atoms with E-state index >= 15 is 0 Å². The summed E-state index contributed by atoms with van der Waals surface area (Å²) in [5.74, 6) is 0. The fraction of sp³-hybridized carbons (Fsp3) is 0.231. The van der Waals surface area contributed by atoms with Gasteiger partial charge in [-0.1, -0.05) is 0 Å². The molecule has 1 aromatic rings. The molecule has 1 aliphatic heterocycles. The van der Waals surface area contributed by atoms with Gasteiger partial charge in [0.25, 0.3) is 0 Å². The summed E-state index contributed by atoms with van der Waals surface area (Å²) in [6.07, 6.45) is 0. The van der Waals surface area contributed by atoms with Gasteiger partial charge in [0.1, 0.15) is 12.1 Å². The molecule has 0 bridgehead atoms. The van der Waals surface area contributed by atoms with Gasteiger partial charge in [0.2, 0.25) is 5.71 Å². The highest BCUT2D eigenvalue weighted by Crippen LogP contribution is 2.33. The molecule has 0 aromatic heterocycles. The van der Waals surface area contributed by atoms with E-state index in [2.05, 4.69) is 21.2 Å². The van der Waals surface area contributed by atoms with Crippen molar-refractivity contribution in [2.24, 2.45) is 5.10 Å². The Labute approximate surface area is 115 Å². The molecular weight excluding hydrogens is 256 g/mol. The summed E-state index contributed by atoms with van der Waals surface area (Å²) >= 11 is 0. The third kappa shape index (κ3) is 2.52. The highest BCUT2D eigenvalue weighted by atomic mass is 16.2. The van der Waals surface area contributed by atoms with Gasteiger partial charge in [0.05, 0.1) is 11.2 Å². The smallest absolute Gasteiger partial charge is 0.319 e. The Bertz CT molecular complexity index is 661. The third-order valence-corrected chi connectivity index (χ3v) is 2.88. The maximum atomic E-state index is 11.5. The summed E-state index contributed by atoms with van der Waals surface area (Å²) < 4.78 is 0. The minimum absolute atomic E-state index is 0.252. The van der Waals surface area contributed by atoms with Crippen molar-refractivity contribution in [2.45, 2.75) is 19.4 Å². The van der Waals surface area contributed by atoms with Gasteiger partial charge in [0.15, 0.2) is 0 Å². The highest BCUT2D eigenvalue weighted by Gasteiger charge is 2.30. The van der Waals surface area contributed by atoms with Crippen molar-refractivity contribution in [1.29, 1.82) is 10.5 Å². The van der Waals surface area contributed by atoms with Crippen LogP contribution in [0.4, 0.5) is 16.2 Å². The average molecular weight is 268 g/mol. The molecule has 2 amide bonds. The Kier molecular flexibility index (Phi) is 3.28. The molecule has 7 heteroatoms. The second-order valence-electron chi connectivity index (χ2n) is 4.76. The van der Waals surface area contributed by atoms with E-state index < -0.39 is 5.54 Å². The van der Waals surface area contributed by atoms with Crippen LogP contribution in [0.15, 0.2) is 23.3 Å². The van der Waals surface area contributed by atoms with Crippen LogP contribution in [0.2, 0.25) is 0 Å². The molecule has 0 fully saturated rings. The molecule has 100 valence electrons. The Balaban J connectivity index is 2.34. The number of nitrogens with zero attached hydrogens (tertiary/aromatic N) is 3. The summed E-state index contributed by atoms with van der Waals surface area (Å²) in [4.78, 5) is 11.5. The van der Waals surface area contributed by atoms with Crippen LogP contribution < -0.4 is 16.1 Å². The van der Waals surface area contributed by atoms with Crippen LogP contribution in [-0.4, -0.2) is 11.7 Å². The zero-order chi connectivity index (χ0) is 14.8. The predicted octanol–water partition coefficient (Wildman–Crippen LogP) is 1.87. The van der Waals surface area contributed by atoms with Crippen LogP contribution in [0.1, 0.15) is 19.4 Å². The largest absolute Gasteiger partial charge is 0.329 e. The van der Waals surface area contributed by atoms with E-state index in [4.69, 9.17) is 10.5 Å². The number of amides is 2. The van der Waals surface area contributed by atoms with Gasteiger partial charge in [-0.15, -0.1) is 0 Å². The summed E-state index contributed by atoms with van der Waals surface area (Å²) in [6.45, 7) is 3.77. The first-order valence-electron chi connectivity index (χ1n) is 5.84. The monoisotopic (exact) mass is 268 g/mol. The first kappa shape index (κ1) is 13.4. The van der Waals surface area contributed by atoms with Gasteiger partial charge >= 0.3 is 6.03 Å². The van der Waals surface area contributed by atoms with E-state index in [1.807, 2.05) is 13.8 Å². The molecule has 0 radical (unpaired) electrons. The summed E-state index contributed by atoms with van der Waals surface area (Å²) in [5, 5.41) is 26.4. The molecule has 0 aliphatic carbocycles. The molecule has 0 saturated carbocycles. The molecule has 1 heterocycles. The fourth-order valence-corrected chi connectivity index (χ4v) is 1.94. The normalized spacial score (nSPS) is 14.7. The number of hydrogen-bond acceptors (Lipinski definition) is 5. The number of nitrogens with one attached hydrogen (secondary N) is 3. The van der Waals surface area contributed by atoms with Crippen molar-refractivity contribution in [3.05, 3.63) is 23.8 Å². The molecule has 7 nitrogen and oxygen atoms in total. The third-order valence-electron chi connectivity index (χ3n) is 2.88. The van der Waals surface area contributed by atoms with E-state index in [9.17, 15) is 4.79 Å². The molecule has 0 unspecified atom stereocenters. The number of rotatable bonds is 2. The molecule has 0 atom stereocenters. The molecule has 1 aliphatic rings. The first-order chi connectivity index (χ1) is 9.46. The van der Waals surface area contributed by atoms with E-state index in [0.29, 0.717) is 11.4 Å². The molecular formula is C13H12N6O. The summed E-state index contributed by atoms with van der Waals surface area (Å²) in [5.41, 5.74) is 4.09. The maximum Gasteiger partial charge on any atom is 0.319 e. The average Bonchev–Trinajstić information content (AvgIpc) is 2.39. The minimum Gasteiger partial charge on any atom is -0.329 e. The molecule has 1 aromatic carbocycles. The topological polar surface area (TPSA) is 113 Å². The number of urea groups is 1. The highest BCUT2D eigenvalue weighted by molar-refractivity contribution is 6.10. The van der Waals surface area contributed by atoms with E-state index in [1.54, 1.807) is 30.3 Å². The van der Waals surface area contributed by atoms with Crippen molar-refractivity contribution >= 4 is 23.1 Å². The minimum atomic E-state index is -0.521. The Morgan fingerprint density at radius 3 is 2.70 bits per heavy atom. The van der Waals surface area contributed by atoms with Gasteiger partial charge in [-0.05, 0) is 32.0 Å². The fourth-order valence-electron chi connectivity index (χ4n) is 1.94. The lowest BCUT2D eigenvalue weighted by atomic mass is 9.90. The summed E-state index contributed by atoms with van der Waals surface area (Å²) in [6, 6.07) is 8.32. The molecule has 2 rings (SSSR count). The number of hydrogen-bond donors (Lipinski definition) is 3. The lowest BCUT2D eigenvalue weighted by Crippen LogP contribution is -2.47. The number of hydrazone groups is 1. The zero-order valence-electron chi connectivity index (χ0n) is 11.0. The molecule has 20 heavy (non-hydrogen) atoms. The van der Waals surface area contributed by atoms with Crippen molar-refractivity contribution in [3.8, 4) is 12.1 Å². The Morgan fingerprint density at radius 1 is 1.35 bits per heavy atom. The van der Waals surface area contributed by atoms with Gasteiger partial charge in [-0.2, -0.15) is 15.6 Å². The molecule has 0 spiro atoms. The second kappa shape index (κ2) is 4.90. The van der Waals surface area contributed by atoms with Crippen LogP contribution in [-0.2, 0) is 5.54 Å². The standard InChI is InChI=1S/C13H12N6O/c1-13(2)10-5-8(18-19-9(6-14)7-15)3-4-11(10)16-12(20)17-13/h3-5,18H,1-2H3,(H2,16,17,20). The number of fused-ring (bicyclic) bond motifs is 1. The molecule has 3 N–H and O–H groups in total. The van der Waals surface area contributed by atoms with Crippen LogP contribution in [0.3, 0.4) is 0 Å². The molecule has 0 saturated heterocycles.